The molecule has 0 aliphatic heterocycles. The van der Waals surface area contributed by atoms with Crippen molar-refractivity contribution < 1.29 is 14.3 Å². The van der Waals surface area contributed by atoms with E-state index in [1.54, 1.807) is 0 Å². The Morgan fingerprint density at radius 1 is 1.41 bits per heavy atom. The number of rotatable bonds is 3. The summed E-state index contributed by atoms with van der Waals surface area (Å²) in [6, 6.07) is 2.94. The van der Waals surface area contributed by atoms with E-state index in [1.165, 1.54) is 18.3 Å². The van der Waals surface area contributed by atoms with Crippen molar-refractivity contribution in [1.29, 1.82) is 0 Å². The van der Waals surface area contributed by atoms with Crippen LogP contribution in [0.5, 0.6) is 0 Å². The number of hydrazine groups is 1. The van der Waals surface area contributed by atoms with Gasteiger partial charge in [0.1, 0.15) is 5.56 Å². The van der Waals surface area contributed by atoms with E-state index in [9.17, 15) is 14.8 Å². The molecule has 0 unspecified atom stereocenters. The third kappa shape index (κ3) is 4.50. The number of nitrogens with zero attached hydrogens (tertiary/aromatic N) is 1. The van der Waals surface area contributed by atoms with E-state index in [4.69, 9.17) is 0 Å². The summed E-state index contributed by atoms with van der Waals surface area (Å²) < 4.78 is 0.519. The van der Waals surface area contributed by atoms with Crippen molar-refractivity contribution in [2.75, 3.05) is 0 Å². The van der Waals surface area contributed by atoms with Crippen LogP contribution >= 0.6 is 0 Å². The van der Waals surface area contributed by atoms with Crippen molar-refractivity contribution in [3.05, 3.63) is 35.3 Å². The summed E-state index contributed by atoms with van der Waals surface area (Å²) in [7, 11) is 0. The smallest absolute Gasteiger partial charge is 0.275 e. The third-order valence-electron chi connectivity index (χ3n) is 1.95. The average Bonchev–Trinajstić information content (AvgIpc) is 2.25. The van der Waals surface area contributed by atoms with Gasteiger partial charge >= 0.3 is 0 Å². The largest absolute Gasteiger partial charge is 0.619 e. The molecule has 6 nitrogen and oxygen atoms in total. The quantitative estimate of drug-likeness (QED) is 0.445. The maximum Gasteiger partial charge on any atom is 0.275 e. The van der Waals surface area contributed by atoms with E-state index in [2.05, 4.69) is 10.9 Å². The van der Waals surface area contributed by atoms with Crippen LogP contribution in [0.3, 0.4) is 0 Å². The Hall–Kier alpha value is -2.11. The van der Waals surface area contributed by atoms with Crippen LogP contribution in [0.2, 0.25) is 0 Å². The Bertz CT molecular complexity index is 418. The van der Waals surface area contributed by atoms with Gasteiger partial charge in [-0.2, -0.15) is 4.73 Å². The standard InChI is InChI=1S/C11H15N3O3/c1-8(2)6-10(15)12-13-11(16)9-4-3-5-14(17)7-9/h3-5,7-8H,6H2,1-2H3,(H,12,15)(H,13,16). The summed E-state index contributed by atoms with van der Waals surface area (Å²) in [4.78, 5) is 22.8. The summed E-state index contributed by atoms with van der Waals surface area (Å²) in [5.41, 5.74) is 4.71. The van der Waals surface area contributed by atoms with Gasteiger partial charge in [0.05, 0.1) is 0 Å². The molecule has 6 heteroatoms. The molecule has 0 aromatic carbocycles. The van der Waals surface area contributed by atoms with Crippen LogP contribution in [-0.4, -0.2) is 11.8 Å². The Morgan fingerprint density at radius 2 is 2.12 bits per heavy atom. The fraction of sp³-hybridized carbons (Fsp3) is 0.364. The first-order valence-corrected chi connectivity index (χ1v) is 5.27. The summed E-state index contributed by atoms with van der Waals surface area (Å²) in [6.45, 7) is 3.80. The van der Waals surface area contributed by atoms with E-state index in [1.807, 2.05) is 13.8 Å². The van der Waals surface area contributed by atoms with E-state index in [0.29, 0.717) is 11.2 Å². The molecule has 0 aliphatic rings. The first kappa shape index (κ1) is 13.0. The maximum atomic E-state index is 11.5. The molecule has 0 radical (unpaired) electrons. The van der Waals surface area contributed by atoms with Gasteiger partial charge < -0.3 is 5.21 Å². The maximum absolute atomic E-state index is 11.5. The van der Waals surface area contributed by atoms with Gasteiger partial charge in [0.25, 0.3) is 5.91 Å². The zero-order chi connectivity index (χ0) is 12.8. The van der Waals surface area contributed by atoms with Crippen LogP contribution in [0.25, 0.3) is 0 Å². The molecule has 0 bridgehead atoms. The van der Waals surface area contributed by atoms with Crippen LogP contribution < -0.4 is 15.6 Å². The first-order valence-electron chi connectivity index (χ1n) is 5.27. The van der Waals surface area contributed by atoms with Gasteiger partial charge in [-0.05, 0) is 12.0 Å². The average molecular weight is 237 g/mol. The van der Waals surface area contributed by atoms with E-state index in [0.717, 1.165) is 6.20 Å². The van der Waals surface area contributed by atoms with Crippen LogP contribution in [0.15, 0.2) is 24.5 Å². The second kappa shape index (κ2) is 5.83. The normalized spacial score (nSPS) is 10.1. The molecule has 0 saturated heterocycles. The number of aromatic nitrogens is 1. The Morgan fingerprint density at radius 3 is 2.71 bits per heavy atom. The molecule has 1 aromatic heterocycles. The summed E-state index contributed by atoms with van der Waals surface area (Å²) in [6.07, 6.45) is 2.73. The summed E-state index contributed by atoms with van der Waals surface area (Å²) in [5, 5.41) is 10.9. The molecule has 0 atom stereocenters. The minimum atomic E-state index is -0.521. The van der Waals surface area contributed by atoms with Crippen LogP contribution in [-0.2, 0) is 4.79 Å². The lowest BCUT2D eigenvalue weighted by Gasteiger charge is -2.08. The number of nitrogens with one attached hydrogen (secondary N) is 2. The Balaban J connectivity index is 2.48. The molecule has 2 amide bonds. The third-order valence-corrected chi connectivity index (χ3v) is 1.95. The van der Waals surface area contributed by atoms with Gasteiger partial charge in [-0.3, -0.25) is 20.4 Å². The Kier molecular flexibility index (Phi) is 4.45. The topological polar surface area (TPSA) is 85.1 Å². The monoisotopic (exact) mass is 237 g/mol. The van der Waals surface area contributed by atoms with Gasteiger partial charge in [0.15, 0.2) is 12.4 Å². The van der Waals surface area contributed by atoms with Gasteiger partial charge in [-0.15, -0.1) is 0 Å². The van der Waals surface area contributed by atoms with E-state index in [-0.39, 0.29) is 17.4 Å². The molecule has 0 spiro atoms. The summed E-state index contributed by atoms with van der Waals surface area (Å²) in [5.74, 6) is -0.570. The predicted molar refractivity (Wildman–Crippen MR) is 60.5 cm³/mol. The van der Waals surface area contributed by atoms with Crippen molar-refractivity contribution in [3.8, 4) is 0 Å². The number of hydrogen-bond acceptors (Lipinski definition) is 3. The minimum absolute atomic E-state index is 0.187. The molecule has 17 heavy (non-hydrogen) atoms. The van der Waals surface area contributed by atoms with Gasteiger partial charge in [0.2, 0.25) is 5.91 Å². The van der Waals surface area contributed by atoms with Crippen LogP contribution in [0, 0.1) is 11.1 Å². The first-order chi connectivity index (χ1) is 7.99. The number of hydrogen-bond donors (Lipinski definition) is 2. The van der Waals surface area contributed by atoms with Gasteiger partial charge in [-0.25, -0.2) is 0 Å². The lowest BCUT2D eigenvalue weighted by molar-refractivity contribution is -0.605. The van der Waals surface area contributed by atoms with Crippen molar-refractivity contribution in [2.24, 2.45) is 5.92 Å². The second-order valence-electron chi connectivity index (χ2n) is 4.05. The van der Waals surface area contributed by atoms with Crippen molar-refractivity contribution in [1.82, 2.24) is 10.9 Å². The van der Waals surface area contributed by atoms with Crippen LogP contribution in [0.1, 0.15) is 30.6 Å². The van der Waals surface area contributed by atoms with Gasteiger partial charge in [-0.1, -0.05) is 13.8 Å². The van der Waals surface area contributed by atoms with Crippen LogP contribution in [0.4, 0.5) is 0 Å². The molecule has 0 aliphatic carbocycles. The molecule has 1 aromatic rings. The zero-order valence-corrected chi connectivity index (χ0v) is 9.77. The zero-order valence-electron chi connectivity index (χ0n) is 9.77. The van der Waals surface area contributed by atoms with E-state index >= 15 is 0 Å². The highest BCUT2D eigenvalue weighted by atomic mass is 16.5. The predicted octanol–water partition coefficient (Wildman–Crippen LogP) is 0.127. The highest BCUT2D eigenvalue weighted by Gasteiger charge is 2.10. The van der Waals surface area contributed by atoms with E-state index < -0.39 is 5.91 Å². The SMILES string of the molecule is CC(C)CC(=O)NNC(=O)c1ccc[n+]([O-])c1. The number of pyridine rings is 1. The molecular formula is C11H15N3O3. The highest BCUT2D eigenvalue weighted by molar-refractivity contribution is 5.94. The molecule has 0 fully saturated rings. The van der Waals surface area contributed by atoms with Crippen molar-refractivity contribution in [3.63, 3.8) is 0 Å². The second-order valence-corrected chi connectivity index (χ2v) is 4.05. The lowest BCUT2D eigenvalue weighted by Crippen LogP contribution is -2.42. The van der Waals surface area contributed by atoms with Gasteiger partial charge in [0, 0.05) is 12.5 Å². The number of carbonyl (C=O) groups excluding carboxylic acids is 2. The molecule has 2 N–H and O–H groups in total. The molecule has 0 saturated carbocycles. The minimum Gasteiger partial charge on any atom is -0.619 e. The molecular weight excluding hydrogens is 222 g/mol. The lowest BCUT2D eigenvalue weighted by atomic mass is 10.1. The summed E-state index contributed by atoms with van der Waals surface area (Å²) >= 11 is 0. The van der Waals surface area contributed by atoms with Crippen molar-refractivity contribution in [2.45, 2.75) is 20.3 Å². The van der Waals surface area contributed by atoms with Crippen molar-refractivity contribution >= 4 is 11.8 Å². The fourth-order valence-corrected chi connectivity index (χ4v) is 1.21. The number of carbonyl (C=O) groups is 2. The molecule has 1 rings (SSSR count). The molecule has 1 heterocycles. The Labute approximate surface area is 99.2 Å². The highest BCUT2D eigenvalue weighted by Crippen LogP contribution is 1.97. The molecule has 92 valence electrons. The fourth-order valence-electron chi connectivity index (χ4n) is 1.21. The number of amides is 2.